The Morgan fingerprint density at radius 1 is 1.30 bits per heavy atom. The molecule has 37 heavy (non-hydrogen) atoms. The fourth-order valence-electron chi connectivity index (χ4n) is 5.92. The van der Waals surface area contributed by atoms with Crippen LogP contribution in [0.25, 0.3) is 0 Å². The van der Waals surface area contributed by atoms with Crippen molar-refractivity contribution in [3.8, 4) is 5.75 Å². The van der Waals surface area contributed by atoms with Gasteiger partial charge < -0.3 is 39.5 Å². The molecule has 11 nitrogen and oxygen atoms in total. The van der Waals surface area contributed by atoms with Crippen molar-refractivity contribution in [3.05, 3.63) is 40.7 Å². The van der Waals surface area contributed by atoms with E-state index in [1.54, 1.807) is 12.1 Å². The highest BCUT2D eigenvalue weighted by Gasteiger charge is 2.69. The van der Waals surface area contributed by atoms with Gasteiger partial charge in [0, 0.05) is 23.6 Å². The summed E-state index contributed by atoms with van der Waals surface area (Å²) >= 11 is 0. The van der Waals surface area contributed by atoms with Crippen LogP contribution in [0.3, 0.4) is 0 Å². The Labute approximate surface area is 214 Å². The van der Waals surface area contributed by atoms with Crippen LogP contribution in [-0.2, 0) is 35.9 Å². The van der Waals surface area contributed by atoms with Crippen molar-refractivity contribution in [3.63, 3.8) is 0 Å². The Bertz CT molecular complexity index is 1150. The SMILES string of the molecule is Cc1ccc(CO)c2c1[C@]13CCN(C)[C@H](C)[C@]1(O)CC=C(OC(=O)C[C@H](O)C(=O)O[C@@H](C)C(=O)O)[C@@H]3O2. The zero-order valence-corrected chi connectivity index (χ0v) is 21.3. The summed E-state index contributed by atoms with van der Waals surface area (Å²) in [5, 5.41) is 41.1. The summed E-state index contributed by atoms with van der Waals surface area (Å²) in [6, 6.07) is 3.37. The van der Waals surface area contributed by atoms with Crippen LogP contribution < -0.4 is 4.74 Å². The van der Waals surface area contributed by atoms with Crippen LogP contribution in [0.4, 0.5) is 0 Å². The molecule has 1 fully saturated rings. The first-order valence-electron chi connectivity index (χ1n) is 12.2. The number of rotatable bonds is 7. The summed E-state index contributed by atoms with van der Waals surface area (Å²) in [5.74, 6) is -2.99. The summed E-state index contributed by atoms with van der Waals surface area (Å²) in [5.41, 5.74) is -0.0409. The molecule has 1 aliphatic carbocycles. The van der Waals surface area contributed by atoms with Crippen LogP contribution in [0.15, 0.2) is 24.0 Å². The molecule has 1 aromatic carbocycles. The number of piperidine rings is 1. The van der Waals surface area contributed by atoms with E-state index in [-0.39, 0.29) is 24.8 Å². The van der Waals surface area contributed by atoms with Crippen LogP contribution in [0.5, 0.6) is 5.75 Å². The number of aliphatic hydroxyl groups is 3. The maximum absolute atomic E-state index is 12.7. The highest BCUT2D eigenvalue weighted by atomic mass is 16.6. The van der Waals surface area contributed by atoms with Crippen LogP contribution in [0.1, 0.15) is 49.8 Å². The van der Waals surface area contributed by atoms with E-state index >= 15 is 0 Å². The standard InChI is InChI=1S/C26H33NO10/c1-13-5-6-16(12-28)21-20(13)25-9-10-27(4)15(3)26(25,34)8-7-18(22(25)37-21)36-19(30)11-17(29)24(33)35-14(2)23(31)32/h5-7,14-15,17,22,28-29,34H,8-12H2,1-4H3,(H,31,32)/t14-,15+,17-,22-,25-,26+/m0/s1. The van der Waals surface area contributed by atoms with Crippen molar-refractivity contribution in [1.82, 2.24) is 4.90 Å². The molecule has 11 heteroatoms. The van der Waals surface area contributed by atoms with E-state index in [0.29, 0.717) is 24.3 Å². The molecule has 0 amide bonds. The van der Waals surface area contributed by atoms with E-state index in [1.807, 2.05) is 27.0 Å². The number of likely N-dealkylation sites (N-methyl/N-ethyl adjacent to an activating group) is 1. The maximum Gasteiger partial charge on any atom is 0.344 e. The Hall–Kier alpha value is -2.99. The molecule has 0 saturated carbocycles. The third kappa shape index (κ3) is 4.19. The highest BCUT2D eigenvalue weighted by Crippen LogP contribution is 2.61. The number of carbonyl (C=O) groups is 3. The summed E-state index contributed by atoms with van der Waals surface area (Å²) in [7, 11) is 1.93. The van der Waals surface area contributed by atoms with Crippen LogP contribution >= 0.6 is 0 Å². The van der Waals surface area contributed by atoms with Crippen molar-refractivity contribution >= 4 is 17.9 Å². The third-order valence-electron chi connectivity index (χ3n) is 8.11. The number of aliphatic carboxylic acids is 1. The molecule has 0 radical (unpaired) electrons. The lowest BCUT2D eigenvalue weighted by Crippen LogP contribution is -2.71. The highest BCUT2D eigenvalue weighted by molar-refractivity contribution is 5.84. The number of benzene rings is 1. The fourth-order valence-corrected chi connectivity index (χ4v) is 5.92. The molecule has 202 valence electrons. The van der Waals surface area contributed by atoms with E-state index < -0.39 is 53.7 Å². The van der Waals surface area contributed by atoms with Gasteiger partial charge >= 0.3 is 17.9 Å². The molecular weight excluding hydrogens is 486 g/mol. The van der Waals surface area contributed by atoms with Gasteiger partial charge in [0.15, 0.2) is 18.3 Å². The molecular formula is C26H33NO10. The summed E-state index contributed by atoms with van der Waals surface area (Å²) in [6.07, 6.45) is -2.81. The first-order valence-corrected chi connectivity index (χ1v) is 12.2. The number of fused-ring (bicyclic) bond motifs is 1. The second kappa shape index (κ2) is 9.71. The van der Waals surface area contributed by atoms with Crippen molar-refractivity contribution in [1.29, 1.82) is 0 Å². The Morgan fingerprint density at radius 3 is 2.65 bits per heavy atom. The van der Waals surface area contributed by atoms with Gasteiger partial charge in [0.05, 0.1) is 24.0 Å². The number of likely N-dealkylation sites (tertiary alicyclic amines) is 1. The minimum atomic E-state index is -1.92. The van der Waals surface area contributed by atoms with Gasteiger partial charge in [-0.3, -0.25) is 4.79 Å². The number of aryl methyl sites for hydroxylation is 1. The number of carboxylic acid groups (broad SMARTS) is 1. The van der Waals surface area contributed by atoms with Crippen LogP contribution in [0.2, 0.25) is 0 Å². The maximum atomic E-state index is 12.7. The Morgan fingerprint density at radius 2 is 2.00 bits per heavy atom. The first-order chi connectivity index (χ1) is 17.4. The number of hydrogen-bond donors (Lipinski definition) is 4. The molecule has 0 aromatic heterocycles. The molecule has 1 spiro atoms. The van der Waals surface area contributed by atoms with Gasteiger partial charge in [-0.15, -0.1) is 0 Å². The molecule has 0 unspecified atom stereocenters. The van der Waals surface area contributed by atoms with E-state index in [1.165, 1.54) is 0 Å². The third-order valence-corrected chi connectivity index (χ3v) is 8.11. The molecule has 4 rings (SSSR count). The van der Waals surface area contributed by atoms with E-state index in [2.05, 4.69) is 9.64 Å². The molecule has 6 atom stereocenters. The molecule has 1 aromatic rings. The average molecular weight is 520 g/mol. The second-order valence-corrected chi connectivity index (χ2v) is 10.1. The first kappa shape index (κ1) is 27.1. The number of ether oxygens (including phenoxy) is 3. The van der Waals surface area contributed by atoms with Gasteiger partial charge in [0.1, 0.15) is 11.5 Å². The van der Waals surface area contributed by atoms with Gasteiger partial charge in [-0.05, 0) is 52.4 Å². The molecule has 0 bridgehead atoms. The number of carbonyl (C=O) groups excluding carboxylic acids is 2. The van der Waals surface area contributed by atoms with Crippen molar-refractivity contribution in [2.24, 2.45) is 0 Å². The summed E-state index contributed by atoms with van der Waals surface area (Å²) in [6.45, 7) is 5.33. The van der Waals surface area contributed by atoms with Crippen LogP contribution in [-0.4, -0.2) is 86.8 Å². The monoisotopic (exact) mass is 519 g/mol. The number of nitrogens with zero attached hydrogens (tertiary/aromatic N) is 1. The quantitative estimate of drug-likeness (QED) is 0.372. The van der Waals surface area contributed by atoms with Crippen molar-refractivity contribution < 1.29 is 49.0 Å². The number of carboxylic acids is 1. The fraction of sp³-hybridized carbons (Fsp3) is 0.577. The zero-order chi connectivity index (χ0) is 27.3. The van der Waals surface area contributed by atoms with Gasteiger partial charge in [-0.25, -0.2) is 9.59 Å². The zero-order valence-electron chi connectivity index (χ0n) is 21.3. The molecule has 1 saturated heterocycles. The van der Waals surface area contributed by atoms with Gasteiger partial charge in [0.2, 0.25) is 0 Å². The average Bonchev–Trinajstić information content (AvgIpc) is 3.21. The second-order valence-electron chi connectivity index (χ2n) is 10.1. The van der Waals surface area contributed by atoms with Gasteiger partial charge in [-0.1, -0.05) is 12.1 Å². The Kier molecular flexibility index (Phi) is 7.10. The largest absolute Gasteiger partial charge is 0.481 e. The van der Waals surface area contributed by atoms with E-state index in [0.717, 1.165) is 18.1 Å². The van der Waals surface area contributed by atoms with E-state index in [9.17, 15) is 29.7 Å². The van der Waals surface area contributed by atoms with Crippen molar-refractivity contribution in [2.75, 3.05) is 13.6 Å². The molecule has 2 heterocycles. The van der Waals surface area contributed by atoms with Gasteiger partial charge in [0.25, 0.3) is 0 Å². The lowest BCUT2D eigenvalue weighted by atomic mass is 9.54. The smallest absolute Gasteiger partial charge is 0.344 e. The number of aliphatic hydroxyl groups excluding tert-OH is 2. The van der Waals surface area contributed by atoms with Crippen LogP contribution in [0, 0.1) is 6.92 Å². The number of esters is 2. The van der Waals surface area contributed by atoms with E-state index in [4.69, 9.17) is 14.6 Å². The predicted octanol–water partition coefficient (Wildman–Crippen LogP) is 0.539. The topological polar surface area (TPSA) is 163 Å². The minimum Gasteiger partial charge on any atom is -0.481 e. The van der Waals surface area contributed by atoms with Crippen molar-refractivity contribution in [2.45, 2.75) is 82.0 Å². The normalized spacial score (nSPS) is 30.1. The lowest BCUT2D eigenvalue weighted by Gasteiger charge is -2.58. The molecule has 2 aliphatic heterocycles. The predicted molar refractivity (Wildman–Crippen MR) is 127 cm³/mol. The summed E-state index contributed by atoms with van der Waals surface area (Å²) < 4.78 is 16.6. The Balaban J connectivity index is 1.65. The van der Waals surface area contributed by atoms with Gasteiger partial charge in [-0.2, -0.15) is 0 Å². The lowest BCUT2D eigenvalue weighted by molar-refractivity contribution is -0.172. The molecule has 4 N–H and O–H groups in total. The molecule has 3 aliphatic rings. The minimum absolute atomic E-state index is 0.144. The number of hydrogen-bond acceptors (Lipinski definition) is 10. The summed E-state index contributed by atoms with van der Waals surface area (Å²) in [4.78, 5) is 37.7.